The Morgan fingerprint density at radius 2 is 1.91 bits per heavy atom. The average molecular weight is 231 g/mol. The van der Waals surface area contributed by atoms with E-state index in [0.717, 1.165) is 9.37 Å². The van der Waals surface area contributed by atoms with Crippen molar-refractivity contribution in [2.24, 2.45) is 5.73 Å². The van der Waals surface area contributed by atoms with Gasteiger partial charge in [-0.15, -0.1) is 0 Å². The first-order chi connectivity index (χ1) is 5.18. The minimum absolute atomic E-state index is 0.118. The van der Waals surface area contributed by atoms with Gasteiger partial charge in [-0.05, 0) is 24.3 Å². The van der Waals surface area contributed by atoms with E-state index in [1.165, 1.54) is 11.8 Å². The third kappa shape index (κ3) is 2.95. The largest absolute Gasteiger partial charge is 0.378 e. The summed E-state index contributed by atoms with van der Waals surface area (Å²) in [7, 11) is 0. The fourth-order valence-corrected chi connectivity index (χ4v) is 1.42. The molecule has 0 radical (unpaired) electrons. The van der Waals surface area contributed by atoms with Gasteiger partial charge in [0.2, 0.25) is 0 Å². The van der Waals surface area contributed by atoms with Crippen molar-refractivity contribution in [1.82, 2.24) is 0 Å². The lowest BCUT2D eigenvalue weighted by Crippen LogP contribution is -2.02. The number of nitrogens with two attached hydrogens (primary N) is 1. The zero-order chi connectivity index (χ0) is 8.27. The van der Waals surface area contributed by atoms with E-state index < -0.39 is 0 Å². The van der Waals surface area contributed by atoms with Gasteiger partial charge in [-0.25, -0.2) is 0 Å². The van der Waals surface area contributed by atoms with Crippen LogP contribution in [0.2, 0.25) is 0 Å². The van der Waals surface area contributed by atoms with Crippen LogP contribution in [0.4, 0.5) is 0 Å². The van der Waals surface area contributed by atoms with Crippen LogP contribution < -0.4 is 5.73 Å². The number of thioether (sulfide) groups is 1. The number of nitrogens with one attached hydrogen (secondary N) is 1. The van der Waals surface area contributed by atoms with Crippen molar-refractivity contribution in [2.75, 3.05) is 0 Å². The highest BCUT2D eigenvalue weighted by atomic mass is 79.9. The van der Waals surface area contributed by atoms with Crippen LogP contribution in [-0.4, -0.2) is 5.17 Å². The topological polar surface area (TPSA) is 49.9 Å². The molecule has 0 unspecified atom stereocenters. The zero-order valence-corrected chi connectivity index (χ0v) is 8.08. The fraction of sp³-hybridized carbons (Fsp3) is 0. The van der Waals surface area contributed by atoms with E-state index in [9.17, 15) is 0 Å². The molecule has 0 saturated carbocycles. The summed E-state index contributed by atoms with van der Waals surface area (Å²) in [6, 6.07) is 7.67. The first-order valence-electron chi connectivity index (χ1n) is 2.96. The highest BCUT2D eigenvalue weighted by Gasteiger charge is 1.94. The van der Waals surface area contributed by atoms with Crippen LogP contribution in [0.25, 0.3) is 0 Å². The second-order valence-corrected chi connectivity index (χ2v) is 3.95. The van der Waals surface area contributed by atoms with E-state index in [4.69, 9.17) is 11.1 Å². The van der Waals surface area contributed by atoms with Crippen molar-refractivity contribution in [3.05, 3.63) is 28.7 Å². The molecule has 0 bridgehead atoms. The molecular weight excluding hydrogens is 224 g/mol. The van der Waals surface area contributed by atoms with Crippen molar-refractivity contribution >= 4 is 32.9 Å². The number of benzene rings is 1. The van der Waals surface area contributed by atoms with Gasteiger partial charge in [0.25, 0.3) is 0 Å². The number of halogens is 1. The number of hydrogen-bond donors (Lipinski definition) is 2. The third-order valence-electron chi connectivity index (χ3n) is 1.04. The minimum Gasteiger partial charge on any atom is -0.378 e. The molecule has 0 aliphatic heterocycles. The Morgan fingerprint density at radius 3 is 2.36 bits per heavy atom. The fourth-order valence-electron chi connectivity index (χ4n) is 0.630. The quantitative estimate of drug-likeness (QED) is 0.443. The van der Waals surface area contributed by atoms with Gasteiger partial charge >= 0.3 is 0 Å². The van der Waals surface area contributed by atoms with Gasteiger partial charge in [0.05, 0.1) is 0 Å². The summed E-state index contributed by atoms with van der Waals surface area (Å²) in [5.74, 6) is 0. The molecule has 0 spiro atoms. The van der Waals surface area contributed by atoms with E-state index in [2.05, 4.69) is 15.9 Å². The first-order valence-corrected chi connectivity index (χ1v) is 4.57. The molecule has 4 heteroatoms. The highest BCUT2D eigenvalue weighted by Crippen LogP contribution is 2.19. The molecule has 2 nitrogen and oxygen atoms in total. The zero-order valence-electron chi connectivity index (χ0n) is 5.67. The van der Waals surface area contributed by atoms with Gasteiger partial charge in [-0.1, -0.05) is 27.7 Å². The van der Waals surface area contributed by atoms with Crippen LogP contribution in [0, 0.1) is 5.41 Å². The van der Waals surface area contributed by atoms with Gasteiger partial charge in [0.1, 0.15) is 0 Å². The van der Waals surface area contributed by atoms with Crippen LogP contribution in [0.5, 0.6) is 0 Å². The standard InChI is InChI=1S/C7H7BrN2S/c8-5-1-3-6(4-2-5)11-7(9)10/h1-4H,(H3,9,10). The van der Waals surface area contributed by atoms with Crippen molar-refractivity contribution < 1.29 is 0 Å². The number of amidine groups is 1. The molecule has 0 aliphatic rings. The molecule has 3 N–H and O–H groups in total. The Morgan fingerprint density at radius 1 is 1.36 bits per heavy atom. The molecule has 1 rings (SSSR count). The van der Waals surface area contributed by atoms with Crippen LogP contribution in [0.1, 0.15) is 0 Å². The maximum atomic E-state index is 7.01. The Kier molecular flexibility index (Phi) is 2.96. The molecule has 58 valence electrons. The first kappa shape index (κ1) is 8.62. The minimum atomic E-state index is 0.118. The smallest absolute Gasteiger partial charge is 0.155 e. The molecule has 1 aromatic carbocycles. The molecule has 0 atom stereocenters. The molecule has 0 amide bonds. The molecule has 0 heterocycles. The summed E-state index contributed by atoms with van der Waals surface area (Å²) in [5, 5.41) is 7.13. The lowest BCUT2D eigenvalue weighted by atomic mass is 10.4. The predicted molar refractivity (Wildman–Crippen MR) is 51.9 cm³/mol. The van der Waals surface area contributed by atoms with Crippen LogP contribution in [-0.2, 0) is 0 Å². The number of rotatable bonds is 1. The highest BCUT2D eigenvalue weighted by molar-refractivity contribution is 9.10. The van der Waals surface area contributed by atoms with E-state index in [1.54, 1.807) is 0 Å². The molecule has 0 fully saturated rings. The van der Waals surface area contributed by atoms with Crippen molar-refractivity contribution in [3.8, 4) is 0 Å². The third-order valence-corrected chi connectivity index (χ3v) is 2.30. The van der Waals surface area contributed by atoms with Gasteiger partial charge in [-0.2, -0.15) is 0 Å². The van der Waals surface area contributed by atoms with Crippen LogP contribution in [0.15, 0.2) is 33.6 Å². The number of hydrogen-bond acceptors (Lipinski definition) is 2. The summed E-state index contributed by atoms with van der Waals surface area (Å²) in [6.45, 7) is 0. The van der Waals surface area contributed by atoms with Crippen molar-refractivity contribution in [1.29, 1.82) is 5.41 Å². The molecule has 1 aromatic rings. The van der Waals surface area contributed by atoms with E-state index in [0.29, 0.717) is 0 Å². The van der Waals surface area contributed by atoms with Crippen molar-refractivity contribution in [3.63, 3.8) is 0 Å². The molecule has 0 aromatic heterocycles. The summed E-state index contributed by atoms with van der Waals surface area (Å²) < 4.78 is 1.03. The summed E-state index contributed by atoms with van der Waals surface area (Å²) >= 11 is 4.56. The van der Waals surface area contributed by atoms with Gasteiger partial charge in [0, 0.05) is 9.37 Å². The normalized spacial score (nSPS) is 9.55. The molecule has 0 aliphatic carbocycles. The molecule has 0 saturated heterocycles. The van der Waals surface area contributed by atoms with Gasteiger partial charge < -0.3 is 5.73 Å². The SMILES string of the molecule is N=C(N)Sc1ccc(Br)cc1. The van der Waals surface area contributed by atoms with E-state index >= 15 is 0 Å². The average Bonchev–Trinajstić information content (AvgIpc) is 1.93. The van der Waals surface area contributed by atoms with Crippen LogP contribution >= 0.6 is 27.7 Å². The van der Waals surface area contributed by atoms with Gasteiger partial charge in [-0.3, -0.25) is 5.41 Å². The predicted octanol–water partition coefficient (Wildman–Crippen LogP) is 2.43. The van der Waals surface area contributed by atoms with Gasteiger partial charge in [0.15, 0.2) is 5.17 Å². The maximum Gasteiger partial charge on any atom is 0.155 e. The lowest BCUT2D eigenvalue weighted by Gasteiger charge is -1.97. The van der Waals surface area contributed by atoms with Crippen molar-refractivity contribution in [2.45, 2.75) is 4.90 Å². The Hall–Kier alpha value is -0.480. The second kappa shape index (κ2) is 3.78. The monoisotopic (exact) mass is 230 g/mol. The van der Waals surface area contributed by atoms with E-state index in [-0.39, 0.29) is 5.17 Å². The lowest BCUT2D eigenvalue weighted by molar-refractivity contribution is 1.44. The summed E-state index contributed by atoms with van der Waals surface area (Å²) in [5.41, 5.74) is 5.20. The molecular formula is C7H7BrN2S. The molecule has 11 heavy (non-hydrogen) atoms. The summed E-state index contributed by atoms with van der Waals surface area (Å²) in [4.78, 5) is 0.987. The van der Waals surface area contributed by atoms with E-state index in [1.807, 2.05) is 24.3 Å². The van der Waals surface area contributed by atoms with Crippen LogP contribution in [0.3, 0.4) is 0 Å². The Labute approximate surface area is 77.8 Å². The second-order valence-electron chi connectivity index (χ2n) is 1.92. The summed E-state index contributed by atoms with van der Waals surface area (Å²) in [6.07, 6.45) is 0. The maximum absolute atomic E-state index is 7.01. The Balaban J connectivity index is 2.74. The Bertz CT molecular complexity index is 258.